The van der Waals surface area contributed by atoms with Crippen molar-refractivity contribution in [3.63, 3.8) is 0 Å². The van der Waals surface area contributed by atoms with Crippen LogP contribution in [0.1, 0.15) is 16.1 Å². The number of carbonyl (C=O) groups excluding carboxylic acids is 2. The van der Waals surface area contributed by atoms with Gasteiger partial charge in [0.15, 0.2) is 0 Å². The molecule has 0 radical (unpaired) electrons. The molecule has 27 heavy (non-hydrogen) atoms. The molecular formula is C20H18N4O3. The van der Waals surface area contributed by atoms with E-state index in [9.17, 15) is 14.7 Å². The number of carbonyl (C=O) groups is 2. The first-order chi connectivity index (χ1) is 13.1. The molecule has 2 aromatic carbocycles. The maximum Gasteiger partial charge on any atom is 0.269 e. The molecule has 1 aromatic heterocycles. The van der Waals surface area contributed by atoms with E-state index in [1.54, 1.807) is 6.07 Å². The van der Waals surface area contributed by atoms with Crippen molar-refractivity contribution in [3.05, 3.63) is 71.9 Å². The van der Waals surface area contributed by atoms with Gasteiger partial charge in [-0.3, -0.25) is 14.7 Å². The quantitative estimate of drug-likeness (QED) is 0.478. The molecule has 7 heteroatoms. The first-order valence-corrected chi connectivity index (χ1v) is 8.39. The van der Waals surface area contributed by atoms with Crippen molar-refractivity contribution in [3.8, 4) is 17.0 Å². The van der Waals surface area contributed by atoms with E-state index in [-0.39, 0.29) is 37.1 Å². The Kier molecular flexibility index (Phi) is 5.70. The van der Waals surface area contributed by atoms with E-state index in [1.807, 2.05) is 30.3 Å². The molecule has 7 nitrogen and oxygen atoms in total. The first-order valence-electron chi connectivity index (χ1n) is 8.39. The van der Waals surface area contributed by atoms with Gasteiger partial charge in [-0.1, -0.05) is 42.5 Å². The molecule has 0 bridgehead atoms. The van der Waals surface area contributed by atoms with E-state index in [4.69, 9.17) is 0 Å². The number of aromatic nitrogens is 2. The number of aromatic amines is 1. The minimum atomic E-state index is -0.301. The fourth-order valence-electron chi connectivity index (χ4n) is 2.45. The van der Waals surface area contributed by atoms with Crippen molar-refractivity contribution in [2.24, 2.45) is 0 Å². The number of benzene rings is 1. The van der Waals surface area contributed by atoms with Crippen LogP contribution in [-0.2, 0) is 11.2 Å². The molecule has 4 N–H and O–H groups in total. The Labute approximate surface area is 156 Å². The van der Waals surface area contributed by atoms with Crippen LogP contribution < -0.4 is 10.6 Å². The maximum absolute atomic E-state index is 12.1. The van der Waals surface area contributed by atoms with E-state index in [1.165, 1.54) is 12.1 Å². The summed E-state index contributed by atoms with van der Waals surface area (Å²) in [5.41, 5.74) is 2.42. The average Bonchev–Trinajstić information content (AvgIpc) is 3.18. The highest BCUT2D eigenvalue weighted by molar-refractivity contribution is 5.93. The molecule has 0 saturated carbocycles. The number of hydrogen-bond donors (Lipinski definition) is 4. The fraction of sp³-hybridized carbons (Fsp3) is 0.150. The summed E-state index contributed by atoms with van der Waals surface area (Å²) in [4.78, 5) is 24.0. The van der Waals surface area contributed by atoms with Crippen LogP contribution >= 0.6 is 0 Å². The standard InChI is InChI=1S/C20H18N4O3/c25-18-9-5-4-8-15(18)12-19(26)21-10-11-22-20(27)17-13-16(23-24-17)14-6-2-1-3-7-14/h1-3,6-9,13,25H,10-12H2,(H,21,26)(H,22,27)(H,23,24). The lowest BCUT2D eigenvalue weighted by molar-refractivity contribution is -0.120. The molecule has 0 saturated heterocycles. The Bertz CT molecular complexity index is 922. The van der Waals surface area contributed by atoms with Gasteiger partial charge in [0.25, 0.3) is 5.91 Å². The third-order valence-electron chi connectivity index (χ3n) is 3.84. The molecule has 0 fully saturated rings. The van der Waals surface area contributed by atoms with Gasteiger partial charge >= 0.3 is 0 Å². The number of aromatic hydroxyl groups is 1. The second-order valence-electron chi connectivity index (χ2n) is 5.80. The molecule has 0 atom stereocenters. The zero-order valence-corrected chi connectivity index (χ0v) is 14.5. The van der Waals surface area contributed by atoms with Crippen molar-refractivity contribution in [2.45, 2.75) is 6.42 Å². The number of nitrogens with zero attached hydrogens (tertiary/aromatic N) is 1. The number of H-pyrrole nitrogens is 1. The lowest BCUT2D eigenvalue weighted by Crippen LogP contribution is -2.35. The minimum Gasteiger partial charge on any atom is -0.507 e. The van der Waals surface area contributed by atoms with Crippen LogP contribution in [0, 0.1) is 12.1 Å². The van der Waals surface area contributed by atoms with Crippen LogP contribution in [0.15, 0.2) is 48.5 Å². The second kappa shape index (κ2) is 8.54. The van der Waals surface area contributed by atoms with E-state index >= 15 is 0 Å². The minimum absolute atomic E-state index is 0.00525. The van der Waals surface area contributed by atoms with Crippen molar-refractivity contribution >= 4 is 11.8 Å². The monoisotopic (exact) mass is 362 g/mol. The van der Waals surface area contributed by atoms with Crippen LogP contribution in [-0.4, -0.2) is 40.2 Å². The first kappa shape index (κ1) is 18.0. The summed E-state index contributed by atoms with van der Waals surface area (Å²) in [5, 5.41) is 21.9. The van der Waals surface area contributed by atoms with Gasteiger partial charge in [0.05, 0.1) is 12.1 Å². The number of rotatable bonds is 7. The molecule has 3 rings (SSSR count). The summed E-state index contributed by atoms with van der Waals surface area (Å²) >= 11 is 0. The lowest BCUT2D eigenvalue weighted by Gasteiger charge is -2.06. The van der Waals surface area contributed by atoms with Crippen LogP contribution in [0.2, 0.25) is 0 Å². The number of nitrogens with one attached hydrogen (secondary N) is 3. The molecule has 0 spiro atoms. The SMILES string of the molecule is O=C(Cc1cc#ccc1O)NCCNC(=O)c1cc(-c2ccccc2)n[nH]1. The summed E-state index contributed by atoms with van der Waals surface area (Å²) in [6.45, 7) is 0.540. The molecule has 0 aliphatic carbocycles. The summed E-state index contributed by atoms with van der Waals surface area (Å²) < 4.78 is 0. The van der Waals surface area contributed by atoms with Crippen LogP contribution in [0.4, 0.5) is 0 Å². The van der Waals surface area contributed by atoms with Crippen molar-refractivity contribution in [1.82, 2.24) is 20.8 Å². The van der Waals surface area contributed by atoms with Gasteiger partial charge in [0.2, 0.25) is 5.91 Å². The highest BCUT2D eigenvalue weighted by Gasteiger charge is 2.11. The Morgan fingerprint density at radius 1 is 1.07 bits per heavy atom. The van der Waals surface area contributed by atoms with E-state index in [2.05, 4.69) is 33.0 Å². The van der Waals surface area contributed by atoms with E-state index < -0.39 is 0 Å². The van der Waals surface area contributed by atoms with Gasteiger partial charge in [-0.25, -0.2) is 0 Å². The number of amides is 2. The third-order valence-corrected chi connectivity index (χ3v) is 3.84. The van der Waals surface area contributed by atoms with Gasteiger partial charge in [-0.2, -0.15) is 5.10 Å². The highest BCUT2D eigenvalue weighted by Crippen LogP contribution is 2.16. The third kappa shape index (κ3) is 4.86. The number of hydrogen-bond acceptors (Lipinski definition) is 4. The van der Waals surface area contributed by atoms with Gasteiger partial charge < -0.3 is 15.7 Å². The molecule has 2 amide bonds. The summed E-state index contributed by atoms with van der Waals surface area (Å²) in [5.74, 6) is -0.553. The Morgan fingerprint density at radius 3 is 2.59 bits per heavy atom. The molecule has 0 aliphatic rings. The fourth-order valence-corrected chi connectivity index (χ4v) is 2.45. The molecule has 3 aromatic rings. The Hall–Kier alpha value is -3.79. The predicted molar refractivity (Wildman–Crippen MR) is 98.8 cm³/mol. The second-order valence-corrected chi connectivity index (χ2v) is 5.80. The van der Waals surface area contributed by atoms with Crippen LogP contribution in [0.5, 0.6) is 5.75 Å². The summed E-state index contributed by atoms with van der Waals surface area (Å²) in [6.07, 6.45) is 0.0337. The van der Waals surface area contributed by atoms with Crippen molar-refractivity contribution in [1.29, 1.82) is 0 Å². The highest BCUT2D eigenvalue weighted by atomic mass is 16.3. The zero-order valence-electron chi connectivity index (χ0n) is 14.5. The largest absolute Gasteiger partial charge is 0.507 e. The van der Waals surface area contributed by atoms with Crippen molar-refractivity contribution in [2.75, 3.05) is 13.1 Å². The Balaban J connectivity index is 1.43. The van der Waals surface area contributed by atoms with Gasteiger partial charge in [-0.05, 0) is 12.1 Å². The van der Waals surface area contributed by atoms with Gasteiger partial charge in [0.1, 0.15) is 11.4 Å². The van der Waals surface area contributed by atoms with Crippen molar-refractivity contribution < 1.29 is 14.7 Å². The molecule has 1 heterocycles. The topological polar surface area (TPSA) is 107 Å². The predicted octanol–water partition coefficient (Wildman–Crippen LogP) is 1.47. The normalized spacial score (nSPS) is 10.1. The summed E-state index contributed by atoms with van der Waals surface area (Å²) in [7, 11) is 0. The molecular weight excluding hydrogens is 344 g/mol. The van der Waals surface area contributed by atoms with E-state index in [0.717, 1.165) is 5.56 Å². The average molecular weight is 362 g/mol. The molecule has 0 unspecified atom stereocenters. The summed E-state index contributed by atoms with van der Waals surface area (Å²) in [6, 6.07) is 19.4. The lowest BCUT2D eigenvalue weighted by atomic mass is 10.1. The maximum atomic E-state index is 12.1. The van der Waals surface area contributed by atoms with Gasteiger partial charge in [0, 0.05) is 30.3 Å². The molecule has 136 valence electrons. The molecule has 0 aliphatic heterocycles. The smallest absolute Gasteiger partial charge is 0.269 e. The van der Waals surface area contributed by atoms with Gasteiger partial charge in [-0.15, -0.1) is 0 Å². The zero-order chi connectivity index (χ0) is 19.1. The van der Waals surface area contributed by atoms with Crippen LogP contribution in [0.3, 0.4) is 0 Å². The van der Waals surface area contributed by atoms with Crippen LogP contribution in [0.25, 0.3) is 11.3 Å². The Morgan fingerprint density at radius 2 is 1.81 bits per heavy atom. The van der Waals surface area contributed by atoms with E-state index in [0.29, 0.717) is 17.0 Å².